The van der Waals surface area contributed by atoms with Gasteiger partial charge in [-0.2, -0.15) is 0 Å². The summed E-state index contributed by atoms with van der Waals surface area (Å²) in [5.74, 6) is 1.32. The largest absolute Gasteiger partial charge is 0.493 e. The van der Waals surface area contributed by atoms with Crippen LogP contribution in [0.15, 0.2) is 77.7 Å². The number of hydrogen-bond acceptors (Lipinski definition) is 6. The van der Waals surface area contributed by atoms with Crippen molar-refractivity contribution in [1.82, 2.24) is 4.72 Å². The third kappa shape index (κ3) is 6.07. The lowest BCUT2D eigenvalue weighted by Gasteiger charge is -2.11. The number of nitrogens with one attached hydrogen (secondary N) is 2. The molecule has 0 atom stereocenters. The van der Waals surface area contributed by atoms with Gasteiger partial charge in [0.05, 0.1) is 18.6 Å². The maximum absolute atomic E-state index is 12.6. The molecule has 0 aliphatic rings. The number of para-hydroxylation sites is 2. The minimum atomic E-state index is -3.74. The average Bonchev–Trinajstić information content (AvgIpc) is 2.81. The predicted octanol–water partition coefficient (Wildman–Crippen LogP) is 3.66. The Bertz CT molecular complexity index is 1160. The summed E-state index contributed by atoms with van der Waals surface area (Å²) in [4.78, 5) is 12.6. The van der Waals surface area contributed by atoms with Gasteiger partial charge in [0.2, 0.25) is 10.0 Å². The molecular formula is C23H24N2O6S. The van der Waals surface area contributed by atoms with Crippen LogP contribution in [0.5, 0.6) is 17.2 Å². The molecule has 0 heterocycles. The number of ether oxygens (including phenoxy) is 3. The highest BCUT2D eigenvalue weighted by molar-refractivity contribution is 7.89. The van der Waals surface area contributed by atoms with Gasteiger partial charge < -0.3 is 19.5 Å². The van der Waals surface area contributed by atoms with Gasteiger partial charge in [-0.3, -0.25) is 4.79 Å². The van der Waals surface area contributed by atoms with E-state index in [0.717, 1.165) is 0 Å². The van der Waals surface area contributed by atoms with Gasteiger partial charge in [0, 0.05) is 24.9 Å². The van der Waals surface area contributed by atoms with E-state index in [-0.39, 0.29) is 23.6 Å². The highest BCUT2D eigenvalue weighted by Crippen LogP contribution is 2.31. The molecule has 0 unspecified atom stereocenters. The molecule has 0 saturated carbocycles. The van der Waals surface area contributed by atoms with Gasteiger partial charge in [0.15, 0.2) is 11.5 Å². The van der Waals surface area contributed by atoms with Gasteiger partial charge in [-0.1, -0.05) is 18.2 Å². The lowest BCUT2D eigenvalue weighted by molar-refractivity contribution is 0.102. The number of methoxy groups -OCH3 is 2. The van der Waals surface area contributed by atoms with E-state index in [1.807, 2.05) is 12.1 Å². The molecule has 0 spiro atoms. The molecular weight excluding hydrogens is 432 g/mol. The van der Waals surface area contributed by atoms with E-state index < -0.39 is 15.9 Å². The van der Waals surface area contributed by atoms with Crippen molar-refractivity contribution < 1.29 is 27.4 Å². The molecule has 3 aromatic rings. The average molecular weight is 457 g/mol. The first-order chi connectivity index (χ1) is 15.4. The number of carbonyl (C=O) groups is 1. The quantitative estimate of drug-likeness (QED) is 0.451. The molecule has 3 aromatic carbocycles. The monoisotopic (exact) mass is 456 g/mol. The molecule has 0 aliphatic heterocycles. The molecule has 168 valence electrons. The van der Waals surface area contributed by atoms with E-state index in [1.54, 1.807) is 49.6 Å². The number of hydrogen-bond donors (Lipinski definition) is 2. The van der Waals surface area contributed by atoms with Crippen LogP contribution in [0, 0.1) is 0 Å². The van der Waals surface area contributed by atoms with Gasteiger partial charge in [-0.15, -0.1) is 0 Å². The number of anilines is 1. The second-order valence-electron chi connectivity index (χ2n) is 6.65. The Morgan fingerprint density at radius 2 is 1.62 bits per heavy atom. The van der Waals surface area contributed by atoms with Crippen molar-refractivity contribution in [2.75, 3.05) is 32.7 Å². The molecule has 0 radical (unpaired) electrons. The van der Waals surface area contributed by atoms with Crippen molar-refractivity contribution in [2.45, 2.75) is 4.90 Å². The van der Waals surface area contributed by atoms with E-state index >= 15 is 0 Å². The summed E-state index contributed by atoms with van der Waals surface area (Å²) in [5.41, 5.74) is 0.753. The van der Waals surface area contributed by atoms with E-state index in [0.29, 0.717) is 22.9 Å². The maximum atomic E-state index is 12.6. The van der Waals surface area contributed by atoms with E-state index in [2.05, 4.69) is 10.0 Å². The summed E-state index contributed by atoms with van der Waals surface area (Å²) in [7, 11) is -0.691. The Labute approximate surface area is 187 Å². The molecule has 0 saturated heterocycles. The standard InChI is InChI=1S/C23H24N2O6S/c1-29-15-14-24-32(27,28)20-7-5-6-17(16-20)23(26)25-18-10-12-19(13-11-18)31-22-9-4-3-8-21(22)30-2/h3-13,16,24H,14-15H2,1-2H3,(H,25,26). The molecule has 0 aliphatic carbocycles. The summed E-state index contributed by atoms with van der Waals surface area (Å²) in [5, 5.41) is 2.75. The topological polar surface area (TPSA) is 103 Å². The Kier molecular flexibility index (Phi) is 7.82. The highest BCUT2D eigenvalue weighted by atomic mass is 32.2. The summed E-state index contributed by atoms with van der Waals surface area (Å²) in [6.07, 6.45) is 0. The van der Waals surface area contributed by atoms with Crippen LogP contribution < -0.4 is 19.5 Å². The zero-order valence-electron chi connectivity index (χ0n) is 17.7. The second kappa shape index (κ2) is 10.8. The lowest BCUT2D eigenvalue weighted by Crippen LogP contribution is -2.27. The Morgan fingerprint density at radius 3 is 2.31 bits per heavy atom. The van der Waals surface area contributed by atoms with Crippen LogP contribution in [0.25, 0.3) is 0 Å². The smallest absolute Gasteiger partial charge is 0.255 e. The number of sulfonamides is 1. The Hall–Kier alpha value is -3.40. The third-order valence-corrected chi connectivity index (χ3v) is 5.87. The van der Waals surface area contributed by atoms with Crippen molar-refractivity contribution in [1.29, 1.82) is 0 Å². The summed E-state index contributed by atoms with van der Waals surface area (Å²) in [6, 6.07) is 19.9. The van der Waals surface area contributed by atoms with Crippen LogP contribution in [-0.4, -0.2) is 41.7 Å². The molecule has 3 rings (SSSR count). The second-order valence-corrected chi connectivity index (χ2v) is 8.42. The van der Waals surface area contributed by atoms with Crippen molar-refractivity contribution in [2.24, 2.45) is 0 Å². The minimum Gasteiger partial charge on any atom is -0.493 e. The zero-order valence-corrected chi connectivity index (χ0v) is 18.5. The number of rotatable bonds is 10. The molecule has 0 fully saturated rings. The zero-order chi connectivity index (χ0) is 23.0. The number of amides is 1. The van der Waals surface area contributed by atoms with E-state index in [1.165, 1.54) is 25.3 Å². The summed E-state index contributed by atoms with van der Waals surface area (Å²) < 4.78 is 43.1. The molecule has 1 amide bonds. The number of carbonyl (C=O) groups excluding carboxylic acids is 1. The molecule has 2 N–H and O–H groups in total. The van der Waals surface area contributed by atoms with Crippen LogP contribution in [-0.2, 0) is 14.8 Å². The van der Waals surface area contributed by atoms with Crippen LogP contribution in [0.3, 0.4) is 0 Å². The van der Waals surface area contributed by atoms with Crippen LogP contribution >= 0.6 is 0 Å². The van der Waals surface area contributed by atoms with Crippen LogP contribution in [0.4, 0.5) is 5.69 Å². The van der Waals surface area contributed by atoms with Gasteiger partial charge >= 0.3 is 0 Å². The first-order valence-corrected chi connectivity index (χ1v) is 11.2. The van der Waals surface area contributed by atoms with E-state index in [4.69, 9.17) is 14.2 Å². The van der Waals surface area contributed by atoms with Gasteiger partial charge in [0.25, 0.3) is 5.91 Å². The predicted molar refractivity (Wildman–Crippen MR) is 121 cm³/mol. The van der Waals surface area contributed by atoms with Crippen molar-refractivity contribution in [3.05, 3.63) is 78.4 Å². The van der Waals surface area contributed by atoms with Gasteiger partial charge in [0.1, 0.15) is 5.75 Å². The third-order valence-electron chi connectivity index (χ3n) is 4.41. The minimum absolute atomic E-state index is 0.00168. The fourth-order valence-electron chi connectivity index (χ4n) is 2.81. The SMILES string of the molecule is COCCNS(=O)(=O)c1cccc(C(=O)Nc2ccc(Oc3ccccc3OC)cc2)c1. The highest BCUT2D eigenvalue weighted by Gasteiger charge is 2.16. The molecule has 32 heavy (non-hydrogen) atoms. The van der Waals surface area contributed by atoms with E-state index in [9.17, 15) is 13.2 Å². The molecule has 8 nitrogen and oxygen atoms in total. The first kappa shape index (κ1) is 23.3. The van der Waals surface area contributed by atoms with Gasteiger partial charge in [-0.25, -0.2) is 13.1 Å². The first-order valence-electron chi connectivity index (χ1n) is 9.74. The van der Waals surface area contributed by atoms with Crippen LogP contribution in [0.1, 0.15) is 10.4 Å². The van der Waals surface area contributed by atoms with Gasteiger partial charge in [-0.05, 0) is 54.6 Å². The summed E-state index contributed by atoms with van der Waals surface area (Å²) >= 11 is 0. The Morgan fingerprint density at radius 1 is 0.906 bits per heavy atom. The maximum Gasteiger partial charge on any atom is 0.255 e. The molecule has 0 aromatic heterocycles. The fourth-order valence-corrected chi connectivity index (χ4v) is 3.86. The molecule has 0 bridgehead atoms. The fraction of sp³-hybridized carbons (Fsp3) is 0.174. The number of benzene rings is 3. The normalized spacial score (nSPS) is 11.1. The van der Waals surface area contributed by atoms with Crippen molar-refractivity contribution in [3.63, 3.8) is 0 Å². The van der Waals surface area contributed by atoms with Crippen molar-refractivity contribution >= 4 is 21.6 Å². The Balaban J connectivity index is 1.67. The molecule has 9 heteroatoms. The summed E-state index contributed by atoms with van der Waals surface area (Å²) in [6.45, 7) is 0.384. The lowest BCUT2D eigenvalue weighted by atomic mass is 10.2. The van der Waals surface area contributed by atoms with Crippen molar-refractivity contribution in [3.8, 4) is 17.2 Å². The van der Waals surface area contributed by atoms with Crippen LogP contribution in [0.2, 0.25) is 0 Å².